The molecule has 3 aliphatic rings. The molecule has 0 unspecified atom stereocenters. The van der Waals surface area contributed by atoms with E-state index >= 15 is 0 Å². The van der Waals surface area contributed by atoms with Gasteiger partial charge >= 0.3 is 0 Å². The molecule has 0 atom stereocenters. The van der Waals surface area contributed by atoms with Gasteiger partial charge in [-0.25, -0.2) is 9.97 Å². The lowest BCUT2D eigenvalue weighted by Crippen LogP contribution is -2.59. The number of aromatic nitrogens is 4. The third kappa shape index (κ3) is 2.72. The highest BCUT2D eigenvalue weighted by molar-refractivity contribution is 5.53. The van der Waals surface area contributed by atoms with E-state index in [9.17, 15) is 0 Å². The highest BCUT2D eigenvalue weighted by atomic mass is 15.4. The van der Waals surface area contributed by atoms with Crippen molar-refractivity contribution in [3.8, 4) is 0 Å². The number of anilines is 2. The Morgan fingerprint density at radius 1 is 0.923 bits per heavy atom. The molecule has 6 heteroatoms. The minimum atomic E-state index is 0.479. The van der Waals surface area contributed by atoms with Crippen LogP contribution in [0.3, 0.4) is 0 Å². The van der Waals surface area contributed by atoms with Gasteiger partial charge < -0.3 is 9.80 Å². The average Bonchev–Trinajstić information content (AvgIpc) is 2.95. The summed E-state index contributed by atoms with van der Waals surface area (Å²) in [5, 5.41) is 8.89. The second kappa shape index (κ2) is 6.49. The fraction of sp³-hybridized carbons (Fsp3) is 0.600. The van der Waals surface area contributed by atoms with Crippen LogP contribution in [0.1, 0.15) is 48.2 Å². The van der Waals surface area contributed by atoms with Crippen molar-refractivity contribution in [3.05, 3.63) is 34.9 Å². The Balaban J connectivity index is 1.31. The Morgan fingerprint density at radius 3 is 2.69 bits per heavy atom. The number of hydrogen-bond acceptors (Lipinski definition) is 6. The van der Waals surface area contributed by atoms with Crippen LogP contribution in [0.4, 0.5) is 11.6 Å². The van der Waals surface area contributed by atoms with E-state index in [1.807, 2.05) is 0 Å². The summed E-state index contributed by atoms with van der Waals surface area (Å²) in [6.07, 6.45) is 11.2. The van der Waals surface area contributed by atoms with E-state index in [1.165, 1.54) is 48.2 Å². The smallest absolute Gasteiger partial charge is 0.151 e. The van der Waals surface area contributed by atoms with Crippen LogP contribution in [-0.4, -0.2) is 46.3 Å². The van der Waals surface area contributed by atoms with Crippen LogP contribution < -0.4 is 9.80 Å². The van der Waals surface area contributed by atoms with E-state index in [1.54, 1.807) is 6.33 Å². The molecule has 1 aliphatic heterocycles. The van der Waals surface area contributed by atoms with Gasteiger partial charge in [-0.05, 0) is 56.6 Å². The predicted molar refractivity (Wildman–Crippen MR) is 102 cm³/mol. The molecule has 26 heavy (non-hydrogen) atoms. The molecule has 2 aromatic rings. The molecule has 2 aliphatic carbocycles. The molecule has 3 heterocycles. The maximum absolute atomic E-state index is 4.65. The third-order valence-corrected chi connectivity index (χ3v) is 6.23. The predicted octanol–water partition coefficient (Wildman–Crippen LogP) is 2.35. The number of hydrogen-bond donors (Lipinski definition) is 0. The van der Waals surface area contributed by atoms with Crippen molar-refractivity contribution in [2.75, 3.05) is 29.9 Å². The molecule has 5 rings (SSSR count). The van der Waals surface area contributed by atoms with Crippen molar-refractivity contribution in [1.29, 1.82) is 0 Å². The first-order chi connectivity index (χ1) is 12.8. The summed E-state index contributed by atoms with van der Waals surface area (Å²) in [6.45, 7) is 1.98. The van der Waals surface area contributed by atoms with Crippen LogP contribution in [0.2, 0.25) is 0 Å². The van der Waals surface area contributed by atoms with Crippen LogP contribution in [0, 0.1) is 0 Å². The topological polar surface area (TPSA) is 58.0 Å². The molecule has 0 amide bonds. The van der Waals surface area contributed by atoms with Gasteiger partial charge in [-0.15, -0.1) is 5.10 Å². The van der Waals surface area contributed by atoms with Gasteiger partial charge in [-0.3, -0.25) is 0 Å². The summed E-state index contributed by atoms with van der Waals surface area (Å²) < 4.78 is 0. The van der Waals surface area contributed by atoms with Crippen LogP contribution in [0.5, 0.6) is 0 Å². The Hall–Kier alpha value is -2.24. The van der Waals surface area contributed by atoms with Gasteiger partial charge in [0.05, 0.1) is 11.7 Å². The number of aryl methyl sites for hydroxylation is 3. The lowest BCUT2D eigenvalue weighted by Gasteiger charge is -2.45. The van der Waals surface area contributed by atoms with Gasteiger partial charge in [-0.2, -0.15) is 5.10 Å². The molecule has 0 N–H and O–H groups in total. The van der Waals surface area contributed by atoms with Crippen LogP contribution in [0.15, 0.2) is 12.4 Å². The molecule has 0 aromatic carbocycles. The summed E-state index contributed by atoms with van der Waals surface area (Å²) >= 11 is 0. The van der Waals surface area contributed by atoms with Gasteiger partial charge in [0.1, 0.15) is 12.1 Å². The zero-order valence-electron chi connectivity index (χ0n) is 15.5. The molecule has 0 bridgehead atoms. The summed E-state index contributed by atoms with van der Waals surface area (Å²) in [4.78, 5) is 13.9. The maximum Gasteiger partial charge on any atom is 0.151 e. The Bertz CT molecular complexity index is 814. The summed E-state index contributed by atoms with van der Waals surface area (Å²) in [5.41, 5.74) is 5.24. The minimum Gasteiger partial charge on any atom is -0.353 e. The fourth-order valence-corrected chi connectivity index (χ4v) is 4.52. The van der Waals surface area contributed by atoms with E-state index in [0.717, 1.165) is 50.4 Å². The van der Waals surface area contributed by atoms with Crippen molar-refractivity contribution < 1.29 is 0 Å². The first-order valence-electron chi connectivity index (χ1n) is 9.95. The van der Waals surface area contributed by atoms with Crippen molar-refractivity contribution in [2.45, 2.75) is 57.4 Å². The molecule has 136 valence electrons. The number of fused-ring (bicyclic) bond motifs is 2. The summed E-state index contributed by atoms with van der Waals surface area (Å²) in [7, 11) is 2.18. The Kier molecular flexibility index (Phi) is 3.98. The van der Waals surface area contributed by atoms with E-state index < -0.39 is 0 Å². The Labute approximate surface area is 154 Å². The van der Waals surface area contributed by atoms with Gasteiger partial charge in [0.2, 0.25) is 0 Å². The van der Waals surface area contributed by atoms with Crippen LogP contribution >= 0.6 is 0 Å². The number of nitrogens with zero attached hydrogens (tertiary/aromatic N) is 6. The lowest BCUT2D eigenvalue weighted by molar-refractivity contribution is 0.486. The van der Waals surface area contributed by atoms with Gasteiger partial charge in [0.15, 0.2) is 5.82 Å². The van der Waals surface area contributed by atoms with Gasteiger partial charge in [0, 0.05) is 31.4 Å². The molecule has 2 aromatic heterocycles. The first-order valence-corrected chi connectivity index (χ1v) is 9.95. The fourth-order valence-electron chi connectivity index (χ4n) is 4.52. The molecule has 6 nitrogen and oxygen atoms in total. The molecular formula is C20H26N6. The zero-order valence-corrected chi connectivity index (χ0v) is 15.5. The highest BCUT2D eigenvalue weighted by Crippen LogP contribution is 2.31. The lowest BCUT2D eigenvalue weighted by atomic mass is 10.0. The van der Waals surface area contributed by atoms with Crippen molar-refractivity contribution >= 4 is 11.6 Å². The second-order valence-corrected chi connectivity index (χ2v) is 7.88. The monoisotopic (exact) mass is 350 g/mol. The molecule has 1 fully saturated rings. The SMILES string of the molecule is CN(c1ncnc2c1CCCCC2)C1CN(c2cc3c(nn2)CCC3)C1. The normalized spacial score (nSPS) is 19.5. The second-order valence-electron chi connectivity index (χ2n) is 7.88. The van der Waals surface area contributed by atoms with E-state index in [4.69, 9.17) is 0 Å². The van der Waals surface area contributed by atoms with Gasteiger partial charge in [-0.1, -0.05) is 6.42 Å². The first kappa shape index (κ1) is 16.0. The molecule has 0 radical (unpaired) electrons. The molecule has 0 spiro atoms. The van der Waals surface area contributed by atoms with Gasteiger partial charge in [0.25, 0.3) is 0 Å². The summed E-state index contributed by atoms with van der Waals surface area (Å²) in [5.74, 6) is 2.18. The molecule has 0 saturated carbocycles. The summed E-state index contributed by atoms with van der Waals surface area (Å²) in [6, 6.07) is 2.73. The quantitative estimate of drug-likeness (QED) is 0.792. The number of rotatable bonds is 3. The van der Waals surface area contributed by atoms with E-state index in [0.29, 0.717) is 6.04 Å². The third-order valence-electron chi connectivity index (χ3n) is 6.23. The highest BCUT2D eigenvalue weighted by Gasteiger charge is 2.33. The maximum atomic E-state index is 4.65. The molecule has 1 saturated heterocycles. The van der Waals surface area contributed by atoms with Crippen LogP contribution in [0.25, 0.3) is 0 Å². The minimum absolute atomic E-state index is 0.479. The van der Waals surface area contributed by atoms with E-state index in [-0.39, 0.29) is 0 Å². The molecular weight excluding hydrogens is 324 g/mol. The largest absolute Gasteiger partial charge is 0.353 e. The zero-order chi connectivity index (χ0) is 17.5. The van der Waals surface area contributed by atoms with Crippen LogP contribution in [-0.2, 0) is 25.7 Å². The standard InChI is InChI=1S/C20H26N6/c1-25(20-16-7-3-2-4-8-18(16)21-13-22-20)15-11-26(12-15)19-10-14-6-5-9-17(14)23-24-19/h10,13,15H,2-9,11-12H2,1H3. The van der Waals surface area contributed by atoms with Crippen molar-refractivity contribution in [2.24, 2.45) is 0 Å². The van der Waals surface area contributed by atoms with Crippen molar-refractivity contribution in [3.63, 3.8) is 0 Å². The van der Waals surface area contributed by atoms with Crippen molar-refractivity contribution in [1.82, 2.24) is 20.2 Å². The Morgan fingerprint density at radius 2 is 1.77 bits per heavy atom. The average molecular weight is 350 g/mol. The number of likely N-dealkylation sites (N-methyl/N-ethyl adjacent to an activating group) is 1. The van der Waals surface area contributed by atoms with E-state index in [2.05, 4.69) is 43.1 Å².